The second kappa shape index (κ2) is 6.02. The van der Waals surface area contributed by atoms with Crippen LogP contribution in [-0.2, 0) is 14.8 Å². The number of nitrogens with one attached hydrogen (secondary N) is 1. The first-order valence-electron chi connectivity index (χ1n) is 5.17. The monoisotopic (exact) mass is 301 g/mol. The smallest absolute Gasteiger partial charge is 0.242 e. The summed E-state index contributed by atoms with van der Waals surface area (Å²) in [6, 6.07) is 5.67. The van der Waals surface area contributed by atoms with Crippen molar-refractivity contribution in [2.45, 2.75) is 4.90 Å². The van der Waals surface area contributed by atoms with Crippen LogP contribution >= 0.6 is 11.6 Å². The van der Waals surface area contributed by atoms with E-state index in [1.54, 1.807) is 0 Å². The predicted octanol–water partition coefficient (Wildman–Crippen LogP) is 0.578. The van der Waals surface area contributed by atoms with Crippen molar-refractivity contribution in [1.82, 2.24) is 9.62 Å². The van der Waals surface area contributed by atoms with Gasteiger partial charge in [0.25, 0.3) is 0 Å². The van der Waals surface area contributed by atoms with Gasteiger partial charge >= 0.3 is 0 Å². The van der Waals surface area contributed by atoms with Crippen molar-refractivity contribution in [2.75, 3.05) is 20.6 Å². The fourth-order valence-corrected chi connectivity index (χ4v) is 2.70. The minimum atomic E-state index is -3.88. The lowest BCUT2D eigenvalue weighted by Crippen LogP contribution is -2.36. The number of rotatable bonds is 4. The Bertz CT molecular complexity index is 635. The molecule has 1 rings (SSSR count). The highest BCUT2D eigenvalue weighted by atomic mass is 35.5. The average molecular weight is 302 g/mol. The molecule has 0 aliphatic rings. The molecule has 0 unspecified atom stereocenters. The Morgan fingerprint density at radius 1 is 1.47 bits per heavy atom. The second-order valence-electron chi connectivity index (χ2n) is 3.87. The molecule has 1 aromatic rings. The maximum atomic E-state index is 11.9. The summed E-state index contributed by atoms with van der Waals surface area (Å²) in [6.45, 7) is -0.355. The van der Waals surface area contributed by atoms with E-state index in [0.717, 1.165) is 0 Å². The van der Waals surface area contributed by atoms with Crippen LogP contribution in [0.1, 0.15) is 5.56 Å². The zero-order chi connectivity index (χ0) is 14.6. The molecule has 0 aliphatic heterocycles. The van der Waals surface area contributed by atoms with Crippen LogP contribution in [0, 0.1) is 11.3 Å². The van der Waals surface area contributed by atoms with Gasteiger partial charge in [-0.15, -0.1) is 0 Å². The third-order valence-electron chi connectivity index (χ3n) is 2.26. The van der Waals surface area contributed by atoms with Crippen LogP contribution in [0.4, 0.5) is 0 Å². The third-order valence-corrected chi connectivity index (χ3v) is 4.15. The van der Waals surface area contributed by atoms with Crippen LogP contribution in [-0.4, -0.2) is 39.9 Å². The van der Waals surface area contributed by atoms with E-state index < -0.39 is 10.0 Å². The van der Waals surface area contributed by atoms with Crippen molar-refractivity contribution in [3.63, 3.8) is 0 Å². The maximum Gasteiger partial charge on any atom is 0.242 e. The Balaban J connectivity index is 2.96. The van der Waals surface area contributed by atoms with Crippen molar-refractivity contribution in [1.29, 1.82) is 5.26 Å². The van der Waals surface area contributed by atoms with Crippen molar-refractivity contribution < 1.29 is 13.2 Å². The molecule has 0 atom stereocenters. The molecule has 0 spiro atoms. The number of sulfonamides is 1. The number of likely N-dealkylation sites (N-methyl/N-ethyl adjacent to an activating group) is 1. The number of carbonyl (C=O) groups excluding carboxylic acids is 1. The molecule has 0 saturated heterocycles. The van der Waals surface area contributed by atoms with Crippen LogP contribution in [0.5, 0.6) is 0 Å². The summed E-state index contributed by atoms with van der Waals surface area (Å²) in [7, 11) is -0.845. The molecule has 1 N–H and O–H groups in total. The van der Waals surface area contributed by atoms with Crippen molar-refractivity contribution >= 4 is 27.5 Å². The number of benzene rings is 1. The van der Waals surface area contributed by atoms with E-state index >= 15 is 0 Å². The van der Waals surface area contributed by atoms with Gasteiger partial charge in [-0.05, 0) is 18.2 Å². The summed E-state index contributed by atoms with van der Waals surface area (Å²) in [5.74, 6) is -0.381. The van der Waals surface area contributed by atoms with E-state index in [1.165, 1.54) is 37.2 Å². The first kappa shape index (κ1) is 15.4. The molecule has 0 fully saturated rings. The summed E-state index contributed by atoms with van der Waals surface area (Å²) in [6.07, 6.45) is 0. The van der Waals surface area contributed by atoms with E-state index in [1.807, 2.05) is 6.07 Å². The minimum absolute atomic E-state index is 0.0659. The van der Waals surface area contributed by atoms with Gasteiger partial charge in [0.1, 0.15) is 4.90 Å². The fraction of sp³-hybridized carbons (Fsp3) is 0.273. The quantitative estimate of drug-likeness (QED) is 0.880. The summed E-state index contributed by atoms with van der Waals surface area (Å²) in [5, 5.41) is 8.60. The Hall–Kier alpha value is -1.62. The summed E-state index contributed by atoms with van der Waals surface area (Å²) in [5.41, 5.74) is 0.258. The molecular formula is C11H12ClN3O3S. The van der Waals surface area contributed by atoms with Crippen LogP contribution < -0.4 is 4.72 Å². The van der Waals surface area contributed by atoms with Gasteiger partial charge in [-0.1, -0.05) is 11.6 Å². The molecule has 19 heavy (non-hydrogen) atoms. The van der Waals surface area contributed by atoms with Crippen LogP contribution in [0.3, 0.4) is 0 Å². The number of nitriles is 1. The lowest BCUT2D eigenvalue weighted by Gasteiger charge is -2.12. The van der Waals surface area contributed by atoms with Crippen LogP contribution in [0.15, 0.2) is 23.1 Å². The van der Waals surface area contributed by atoms with Crippen molar-refractivity contribution in [3.8, 4) is 6.07 Å². The summed E-state index contributed by atoms with van der Waals surface area (Å²) < 4.78 is 26.0. The molecule has 0 aliphatic carbocycles. The molecule has 1 aromatic carbocycles. The highest BCUT2D eigenvalue weighted by Crippen LogP contribution is 2.22. The van der Waals surface area contributed by atoms with Gasteiger partial charge in [0.15, 0.2) is 0 Å². The van der Waals surface area contributed by atoms with E-state index in [9.17, 15) is 13.2 Å². The number of nitrogens with zero attached hydrogens (tertiary/aromatic N) is 2. The number of halogens is 1. The fourth-order valence-electron chi connectivity index (χ4n) is 1.18. The normalized spacial score (nSPS) is 10.8. The highest BCUT2D eigenvalue weighted by molar-refractivity contribution is 7.89. The standard InChI is InChI=1S/C11H12ClN3O3S/c1-15(2)11(16)7-14-19(17,18)10-4-3-8(6-13)5-9(10)12/h3-5,14H,7H2,1-2H3. The van der Waals surface area contributed by atoms with E-state index in [2.05, 4.69) is 4.72 Å². The lowest BCUT2D eigenvalue weighted by molar-refractivity contribution is -0.127. The molecule has 102 valence electrons. The second-order valence-corrected chi connectivity index (χ2v) is 6.01. The summed E-state index contributed by atoms with van der Waals surface area (Å²) in [4.78, 5) is 12.4. The average Bonchev–Trinajstić information content (AvgIpc) is 2.35. The Morgan fingerprint density at radius 3 is 2.58 bits per heavy atom. The van der Waals surface area contributed by atoms with Gasteiger partial charge in [-0.25, -0.2) is 13.1 Å². The van der Waals surface area contributed by atoms with Crippen molar-refractivity contribution in [2.24, 2.45) is 0 Å². The summed E-state index contributed by atoms with van der Waals surface area (Å²) >= 11 is 5.80. The molecule has 6 nitrogen and oxygen atoms in total. The molecule has 0 saturated carbocycles. The largest absolute Gasteiger partial charge is 0.348 e. The zero-order valence-electron chi connectivity index (χ0n) is 10.3. The Morgan fingerprint density at radius 2 is 2.11 bits per heavy atom. The predicted molar refractivity (Wildman–Crippen MR) is 70.0 cm³/mol. The van der Waals surface area contributed by atoms with Gasteiger partial charge in [0, 0.05) is 14.1 Å². The first-order chi connectivity index (χ1) is 8.77. The first-order valence-corrected chi connectivity index (χ1v) is 7.03. The Labute approximate surface area is 116 Å². The van der Waals surface area contributed by atoms with E-state index in [-0.39, 0.29) is 27.9 Å². The lowest BCUT2D eigenvalue weighted by atomic mass is 10.2. The van der Waals surface area contributed by atoms with Gasteiger partial charge in [0.05, 0.1) is 23.2 Å². The van der Waals surface area contributed by atoms with Crippen LogP contribution in [0.2, 0.25) is 5.02 Å². The topological polar surface area (TPSA) is 90.3 Å². The molecule has 1 amide bonds. The molecule has 0 heterocycles. The Kier molecular flexibility index (Phi) is 4.89. The number of amides is 1. The van der Waals surface area contributed by atoms with Gasteiger partial charge in [-0.2, -0.15) is 5.26 Å². The van der Waals surface area contributed by atoms with Gasteiger partial charge in [0.2, 0.25) is 15.9 Å². The van der Waals surface area contributed by atoms with E-state index in [0.29, 0.717) is 0 Å². The maximum absolute atomic E-state index is 11.9. The third kappa shape index (κ3) is 3.92. The molecule has 0 aromatic heterocycles. The molecule has 0 radical (unpaired) electrons. The zero-order valence-corrected chi connectivity index (χ0v) is 11.9. The number of hydrogen-bond acceptors (Lipinski definition) is 4. The van der Waals surface area contributed by atoms with Crippen LogP contribution in [0.25, 0.3) is 0 Å². The van der Waals surface area contributed by atoms with Gasteiger partial charge in [-0.3, -0.25) is 4.79 Å². The molecular weight excluding hydrogens is 290 g/mol. The molecule has 0 bridgehead atoms. The number of hydrogen-bond donors (Lipinski definition) is 1. The number of carbonyl (C=O) groups is 1. The molecule has 8 heteroatoms. The minimum Gasteiger partial charge on any atom is -0.348 e. The van der Waals surface area contributed by atoms with E-state index in [4.69, 9.17) is 16.9 Å². The highest BCUT2D eigenvalue weighted by Gasteiger charge is 2.19. The SMILES string of the molecule is CN(C)C(=O)CNS(=O)(=O)c1ccc(C#N)cc1Cl. The van der Waals surface area contributed by atoms with Crippen molar-refractivity contribution in [3.05, 3.63) is 28.8 Å². The van der Waals surface area contributed by atoms with Gasteiger partial charge < -0.3 is 4.90 Å².